The number of hydrogen-bond donors (Lipinski definition) is 0. The van der Waals surface area contributed by atoms with E-state index in [1.54, 1.807) is 0 Å². The first-order valence-corrected chi connectivity index (χ1v) is 18.5. The van der Waals surface area contributed by atoms with Gasteiger partial charge in [0.05, 0.1) is 22.4 Å². The normalized spacial score (nSPS) is 11.3. The Morgan fingerprint density at radius 2 is 1.04 bits per heavy atom. The van der Waals surface area contributed by atoms with Crippen LogP contribution in [0.5, 0.6) is 0 Å². The van der Waals surface area contributed by atoms with Crippen LogP contribution in [-0.4, -0.2) is 14.5 Å². The zero-order valence-electron chi connectivity index (χ0n) is 31.0. The second kappa shape index (κ2) is 13.6. The van der Waals surface area contributed by atoms with Crippen LogP contribution in [0.4, 0.5) is 17.1 Å². The van der Waals surface area contributed by atoms with Gasteiger partial charge in [0.2, 0.25) is 0 Å². The minimum atomic E-state index is 0.729. The maximum Gasteiger partial charge on any atom is 0.160 e. The SMILES string of the molecule is Cc1cccc(-c2cc(-c3cc(C)c(-n4c5ccccc5c5cc(N(c6ccccc6)c6ccccc6)ccc54)cc3C)nc(-c3cccc(C)c3)n2)c1. The molecule has 0 radical (unpaired) electrons. The Bertz CT molecular complexity index is 2710. The molecule has 0 atom stereocenters. The van der Waals surface area contributed by atoms with Crippen LogP contribution in [0.2, 0.25) is 0 Å². The van der Waals surface area contributed by atoms with Crippen molar-refractivity contribution in [3.05, 3.63) is 192 Å². The first-order valence-electron chi connectivity index (χ1n) is 18.5. The Labute approximate surface area is 316 Å². The maximum absolute atomic E-state index is 5.21. The minimum absolute atomic E-state index is 0.729. The average Bonchev–Trinajstić information content (AvgIpc) is 3.53. The lowest BCUT2D eigenvalue weighted by atomic mass is 9.98. The molecule has 4 nitrogen and oxygen atoms in total. The molecule has 0 unspecified atom stereocenters. The van der Waals surface area contributed by atoms with E-state index in [0.29, 0.717) is 0 Å². The molecular weight excluding hydrogens is 657 g/mol. The highest BCUT2D eigenvalue weighted by atomic mass is 15.1. The van der Waals surface area contributed by atoms with Crippen LogP contribution in [0.15, 0.2) is 170 Å². The van der Waals surface area contributed by atoms with Gasteiger partial charge >= 0.3 is 0 Å². The van der Waals surface area contributed by atoms with E-state index in [1.807, 2.05) is 0 Å². The molecule has 260 valence electrons. The summed E-state index contributed by atoms with van der Waals surface area (Å²) < 4.78 is 2.42. The Morgan fingerprint density at radius 3 is 1.74 bits per heavy atom. The monoisotopic (exact) mass is 696 g/mol. The largest absolute Gasteiger partial charge is 0.310 e. The van der Waals surface area contributed by atoms with Gasteiger partial charge in [0, 0.05) is 50.2 Å². The standard InChI is InChI=1S/C50H40N4/c1-33-15-13-17-37(27-33)45-32-46(52-50(51-45)38-18-14-16-34(2)28-38)43-29-36(4)49(30-35(43)3)54-47-24-12-11-23-42(47)44-31-41(25-26-48(44)54)53(39-19-7-5-8-20-39)40-21-9-6-10-22-40/h5-32H,1-4H3. The zero-order chi connectivity index (χ0) is 36.8. The van der Waals surface area contributed by atoms with Crippen molar-refractivity contribution in [1.29, 1.82) is 0 Å². The lowest BCUT2D eigenvalue weighted by Crippen LogP contribution is -2.09. The first-order chi connectivity index (χ1) is 26.4. The van der Waals surface area contributed by atoms with Gasteiger partial charge in [-0.3, -0.25) is 0 Å². The topological polar surface area (TPSA) is 34.0 Å². The highest BCUT2D eigenvalue weighted by Gasteiger charge is 2.20. The number of fused-ring (bicyclic) bond motifs is 3. The summed E-state index contributed by atoms with van der Waals surface area (Å²) in [6.07, 6.45) is 0. The Kier molecular flexibility index (Phi) is 8.36. The molecule has 0 fully saturated rings. The van der Waals surface area contributed by atoms with Crippen LogP contribution in [-0.2, 0) is 0 Å². The van der Waals surface area contributed by atoms with Gasteiger partial charge in [0.15, 0.2) is 5.82 Å². The number of rotatable bonds is 7. The highest BCUT2D eigenvalue weighted by Crippen LogP contribution is 2.41. The van der Waals surface area contributed by atoms with Crippen molar-refractivity contribution >= 4 is 38.9 Å². The molecule has 0 aliphatic rings. The van der Waals surface area contributed by atoms with Crippen molar-refractivity contribution in [2.45, 2.75) is 27.7 Å². The van der Waals surface area contributed by atoms with Gasteiger partial charge in [0.25, 0.3) is 0 Å². The third-order valence-electron chi connectivity index (χ3n) is 10.3. The molecule has 4 heteroatoms. The molecule has 0 N–H and O–H groups in total. The second-order valence-corrected chi connectivity index (χ2v) is 14.2. The lowest BCUT2D eigenvalue weighted by Gasteiger charge is -2.25. The molecule has 0 amide bonds. The van der Waals surface area contributed by atoms with E-state index >= 15 is 0 Å². The molecular formula is C50H40N4. The molecule has 7 aromatic carbocycles. The van der Waals surface area contributed by atoms with Crippen molar-refractivity contribution in [3.8, 4) is 39.6 Å². The van der Waals surface area contributed by atoms with E-state index in [4.69, 9.17) is 9.97 Å². The van der Waals surface area contributed by atoms with Crippen molar-refractivity contribution < 1.29 is 0 Å². The fourth-order valence-electron chi connectivity index (χ4n) is 7.73. The lowest BCUT2D eigenvalue weighted by molar-refractivity contribution is 1.13. The molecule has 54 heavy (non-hydrogen) atoms. The fraction of sp³-hybridized carbons (Fsp3) is 0.0800. The third kappa shape index (κ3) is 6.02. The second-order valence-electron chi connectivity index (χ2n) is 14.2. The predicted molar refractivity (Wildman–Crippen MR) is 226 cm³/mol. The van der Waals surface area contributed by atoms with E-state index in [2.05, 4.69) is 207 Å². The summed E-state index contributed by atoms with van der Waals surface area (Å²) in [7, 11) is 0. The summed E-state index contributed by atoms with van der Waals surface area (Å²) in [6.45, 7) is 8.64. The van der Waals surface area contributed by atoms with E-state index < -0.39 is 0 Å². The van der Waals surface area contributed by atoms with Crippen LogP contribution in [0.1, 0.15) is 22.3 Å². The van der Waals surface area contributed by atoms with Crippen LogP contribution in [0.25, 0.3) is 61.4 Å². The summed E-state index contributed by atoms with van der Waals surface area (Å²) in [5, 5.41) is 2.43. The first kappa shape index (κ1) is 33.1. The quantitative estimate of drug-likeness (QED) is 0.166. The van der Waals surface area contributed by atoms with Crippen LogP contribution in [0, 0.1) is 27.7 Å². The number of aryl methyl sites for hydroxylation is 4. The van der Waals surface area contributed by atoms with Gasteiger partial charge in [-0.25, -0.2) is 9.97 Å². The number of benzene rings is 7. The van der Waals surface area contributed by atoms with Crippen LogP contribution >= 0.6 is 0 Å². The average molecular weight is 697 g/mol. The molecule has 0 bridgehead atoms. The molecule has 0 aliphatic heterocycles. The van der Waals surface area contributed by atoms with Gasteiger partial charge in [-0.1, -0.05) is 102 Å². The molecule has 0 spiro atoms. The van der Waals surface area contributed by atoms with E-state index in [9.17, 15) is 0 Å². The van der Waals surface area contributed by atoms with Gasteiger partial charge in [0.1, 0.15) is 0 Å². The van der Waals surface area contributed by atoms with Gasteiger partial charge in [-0.15, -0.1) is 0 Å². The number of anilines is 3. The van der Waals surface area contributed by atoms with Crippen molar-refractivity contribution in [2.24, 2.45) is 0 Å². The number of nitrogens with zero attached hydrogens (tertiary/aromatic N) is 4. The molecule has 9 rings (SSSR count). The Balaban J connectivity index is 1.20. The van der Waals surface area contributed by atoms with Gasteiger partial charge < -0.3 is 9.47 Å². The molecule has 0 aliphatic carbocycles. The number of aromatic nitrogens is 3. The summed E-state index contributed by atoms with van der Waals surface area (Å²) in [5.74, 6) is 0.729. The van der Waals surface area contributed by atoms with Crippen molar-refractivity contribution in [1.82, 2.24) is 14.5 Å². The minimum Gasteiger partial charge on any atom is -0.310 e. The van der Waals surface area contributed by atoms with Crippen LogP contribution < -0.4 is 4.90 Å². The number of hydrogen-bond acceptors (Lipinski definition) is 3. The van der Waals surface area contributed by atoms with E-state index in [0.717, 1.165) is 62.2 Å². The van der Waals surface area contributed by atoms with Gasteiger partial charge in [-0.2, -0.15) is 0 Å². The van der Waals surface area contributed by atoms with Crippen molar-refractivity contribution in [2.75, 3.05) is 4.90 Å². The molecule has 9 aromatic rings. The smallest absolute Gasteiger partial charge is 0.160 e. The highest BCUT2D eigenvalue weighted by molar-refractivity contribution is 6.11. The molecule has 0 saturated heterocycles. The zero-order valence-corrected chi connectivity index (χ0v) is 31.0. The Morgan fingerprint density at radius 1 is 0.426 bits per heavy atom. The molecule has 2 aromatic heterocycles. The maximum atomic E-state index is 5.21. The molecule has 0 saturated carbocycles. The van der Waals surface area contributed by atoms with E-state index in [1.165, 1.54) is 38.5 Å². The number of para-hydroxylation sites is 3. The van der Waals surface area contributed by atoms with E-state index in [-0.39, 0.29) is 0 Å². The summed E-state index contributed by atoms with van der Waals surface area (Å²) in [4.78, 5) is 12.6. The summed E-state index contributed by atoms with van der Waals surface area (Å²) >= 11 is 0. The summed E-state index contributed by atoms with van der Waals surface area (Å²) in [6, 6.07) is 60.5. The summed E-state index contributed by atoms with van der Waals surface area (Å²) in [5.41, 5.74) is 16.6. The Hall–Kier alpha value is -6.78. The molecule has 2 heterocycles. The fourth-order valence-corrected chi connectivity index (χ4v) is 7.73. The van der Waals surface area contributed by atoms with Gasteiger partial charge in [-0.05, 0) is 118 Å². The van der Waals surface area contributed by atoms with Crippen molar-refractivity contribution in [3.63, 3.8) is 0 Å². The van der Waals surface area contributed by atoms with Crippen LogP contribution in [0.3, 0.4) is 0 Å². The predicted octanol–water partition coefficient (Wildman–Crippen LogP) is 13.3. The third-order valence-corrected chi connectivity index (χ3v) is 10.3.